The van der Waals surface area contributed by atoms with Crippen molar-refractivity contribution in [3.05, 3.63) is 79.1 Å². The van der Waals surface area contributed by atoms with Crippen molar-refractivity contribution < 1.29 is 0 Å². The second kappa shape index (κ2) is 9.08. The van der Waals surface area contributed by atoms with Crippen LogP contribution >= 0.6 is 0 Å². The quantitative estimate of drug-likeness (QED) is 0.470. The maximum atomic E-state index is 8.54. The van der Waals surface area contributed by atoms with Gasteiger partial charge >= 0.3 is 0 Å². The van der Waals surface area contributed by atoms with Crippen molar-refractivity contribution in [2.45, 2.75) is 33.2 Å². The molecule has 156 valence electrons. The maximum Gasteiger partial charge on any atom is 0.125 e. The van der Waals surface area contributed by atoms with Gasteiger partial charge in [-0.05, 0) is 49.5 Å². The molecule has 0 aliphatic carbocycles. The molecule has 30 heavy (non-hydrogen) atoms. The number of benzene rings is 1. The summed E-state index contributed by atoms with van der Waals surface area (Å²) in [5, 5.41) is 12.0. The highest BCUT2D eigenvalue weighted by molar-refractivity contribution is 6.13. The molecule has 2 unspecified atom stereocenters. The van der Waals surface area contributed by atoms with E-state index in [9.17, 15) is 0 Å². The largest absolute Gasteiger partial charge is 0.379 e. The predicted molar refractivity (Wildman–Crippen MR) is 126 cm³/mol. The smallest absolute Gasteiger partial charge is 0.125 e. The highest BCUT2D eigenvalue weighted by atomic mass is 15.2. The second-order valence-electron chi connectivity index (χ2n) is 8.15. The molecule has 0 radical (unpaired) electrons. The number of likely N-dealkylation sites (tertiary alicyclic amines) is 1. The Kier molecular flexibility index (Phi) is 6.50. The van der Waals surface area contributed by atoms with Crippen molar-refractivity contribution in [1.82, 2.24) is 14.9 Å². The van der Waals surface area contributed by atoms with E-state index in [4.69, 9.17) is 5.41 Å². The molecule has 2 aromatic rings. The Balaban J connectivity index is 1.83. The number of hydrogen-bond acceptors (Lipinski definition) is 5. The van der Waals surface area contributed by atoms with E-state index in [1.165, 1.54) is 0 Å². The molecule has 0 bridgehead atoms. The third-order valence-corrected chi connectivity index (χ3v) is 5.54. The van der Waals surface area contributed by atoms with Crippen LogP contribution in [0.25, 0.3) is 11.1 Å². The van der Waals surface area contributed by atoms with E-state index >= 15 is 0 Å². The number of allylic oxidation sites excluding steroid dienone is 1. The molecule has 1 saturated heterocycles. The van der Waals surface area contributed by atoms with Gasteiger partial charge in [0, 0.05) is 47.5 Å². The number of aromatic nitrogens is 2. The molecule has 5 heteroatoms. The fraction of sp³-hybridized carbons (Fsp3) is 0.320. The second-order valence-corrected chi connectivity index (χ2v) is 8.15. The summed E-state index contributed by atoms with van der Waals surface area (Å²) in [6, 6.07) is 6.37. The Morgan fingerprint density at radius 3 is 2.60 bits per heavy atom. The molecule has 1 aliphatic heterocycles. The average Bonchev–Trinajstić information content (AvgIpc) is 3.12. The van der Waals surface area contributed by atoms with Crippen molar-refractivity contribution in [1.29, 1.82) is 5.41 Å². The van der Waals surface area contributed by atoms with E-state index < -0.39 is 0 Å². The molecule has 1 aromatic heterocycles. The minimum absolute atomic E-state index is 0.339. The minimum atomic E-state index is 0.339. The summed E-state index contributed by atoms with van der Waals surface area (Å²) >= 11 is 0. The van der Waals surface area contributed by atoms with Crippen LogP contribution in [0.5, 0.6) is 0 Å². The lowest BCUT2D eigenvalue weighted by Crippen LogP contribution is -2.30. The van der Waals surface area contributed by atoms with Crippen molar-refractivity contribution in [2.75, 3.05) is 18.4 Å². The van der Waals surface area contributed by atoms with E-state index in [1.807, 2.05) is 50.5 Å². The summed E-state index contributed by atoms with van der Waals surface area (Å²) in [5.74, 6) is 1.37. The fourth-order valence-electron chi connectivity index (χ4n) is 3.83. The zero-order chi connectivity index (χ0) is 21.8. The lowest BCUT2D eigenvalue weighted by Gasteiger charge is -2.27. The maximum absolute atomic E-state index is 8.54. The monoisotopic (exact) mass is 401 g/mol. The standard InChI is InChI=1S/C25H31N5/c1-7-22-10-17(4)15-30(22)18(5)12-29-24-9-8-20(11-23(24)25(26)16(2)3)21-13-27-19(6)28-14-21/h7-9,11,13-14,17,22,26,29H,1-2,5,10,12,15H2,3-4,6H3. The lowest BCUT2D eigenvalue weighted by molar-refractivity contribution is 0.359. The van der Waals surface area contributed by atoms with Gasteiger partial charge < -0.3 is 10.2 Å². The molecule has 3 rings (SSSR count). The number of anilines is 1. The molecule has 2 atom stereocenters. The van der Waals surface area contributed by atoms with Gasteiger partial charge in [-0.25, -0.2) is 9.97 Å². The zero-order valence-electron chi connectivity index (χ0n) is 18.2. The van der Waals surface area contributed by atoms with Crippen LogP contribution in [0.2, 0.25) is 0 Å². The summed E-state index contributed by atoms with van der Waals surface area (Å²) in [4.78, 5) is 10.9. The molecule has 1 aromatic carbocycles. The number of aryl methyl sites for hydroxylation is 1. The third kappa shape index (κ3) is 4.67. The number of rotatable bonds is 8. The van der Waals surface area contributed by atoms with E-state index in [0.29, 0.717) is 29.8 Å². The molecule has 0 saturated carbocycles. The molecular weight excluding hydrogens is 370 g/mol. The van der Waals surface area contributed by atoms with Gasteiger partial charge in [0.15, 0.2) is 0 Å². The first kappa shape index (κ1) is 21.5. The molecular formula is C25H31N5. The lowest BCUT2D eigenvalue weighted by atomic mass is 9.98. The third-order valence-electron chi connectivity index (χ3n) is 5.54. The molecule has 0 amide bonds. The van der Waals surface area contributed by atoms with Gasteiger partial charge in [-0.15, -0.1) is 6.58 Å². The Bertz CT molecular complexity index is 974. The fourth-order valence-corrected chi connectivity index (χ4v) is 3.83. The van der Waals surface area contributed by atoms with Gasteiger partial charge in [0.1, 0.15) is 5.82 Å². The minimum Gasteiger partial charge on any atom is -0.379 e. The normalized spacial score (nSPS) is 18.2. The summed E-state index contributed by atoms with van der Waals surface area (Å²) in [7, 11) is 0. The van der Waals surface area contributed by atoms with Crippen LogP contribution in [0.1, 0.15) is 31.7 Å². The highest BCUT2D eigenvalue weighted by Crippen LogP contribution is 2.29. The van der Waals surface area contributed by atoms with Crippen LogP contribution < -0.4 is 5.32 Å². The van der Waals surface area contributed by atoms with Crippen molar-refractivity contribution in [2.24, 2.45) is 5.92 Å². The SMILES string of the molecule is C=CC1CC(C)CN1C(=C)CNc1ccc(-c2cnc(C)nc2)cc1C(=N)C(=C)C. The van der Waals surface area contributed by atoms with Gasteiger partial charge in [0.05, 0.1) is 12.3 Å². The zero-order valence-corrected chi connectivity index (χ0v) is 18.2. The first-order valence-corrected chi connectivity index (χ1v) is 10.3. The topological polar surface area (TPSA) is 64.9 Å². The number of nitrogens with one attached hydrogen (secondary N) is 2. The molecule has 2 N–H and O–H groups in total. The van der Waals surface area contributed by atoms with Crippen LogP contribution in [-0.2, 0) is 0 Å². The molecule has 2 heterocycles. The molecule has 1 aliphatic rings. The van der Waals surface area contributed by atoms with E-state index in [0.717, 1.165) is 46.9 Å². The van der Waals surface area contributed by atoms with Crippen LogP contribution in [-0.4, -0.2) is 39.7 Å². The Labute approximate surface area is 179 Å². The van der Waals surface area contributed by atoms with Crippen molar-refractivity contribution in [3.8, 4) is 11.1 Å². The van der Waals surface area contributed by atoms with E-state index in [1.54, 1.807) is 0 Å². The van der Waals surface area contributed by atoms with Gasteiger partial charge in [-0.3, -0.25) is 5.41 Å². The molecule has 0 spiro atoms. The van der Waals surface area contributed by atoms with Crippen LogP contribution in [0, 0.1) is 18.3 Å². The summed E-state index contributed by atoms with van der Waals surface area (Å²) in [5.41, 5.74) is 5.76. The van der Waals surface area contributed by atoms with E-state index in [-0.39, 0.29) is 0 Å². The van der Waals surface area contributed by atoms with Crippen LogP contribution in [0.3, 0.4) is 0 Å². The predicted octanol–water partition coefficient (Wildman–Crippen LogP) is 5.22. The van der Waals surface area contributed by atoms with Crippen LogP contribution in [0.4, 0.5) is 5.69 Å². The summed E-state index contributed by atoms with van der Waals surface area (Å²) in [6.45, 7) is 19.8. The number of hydrogen-bond donors (Lipinski definition) is 2. The molecule has 1 fully saturated rings. The average molecular weight is 402 g/mol. The molecule has 5 nitrogen and oxygen atoms in total. The van der Waals surface area contributed by atoms with Crippen molar-refractivity contribution >= 4 is 11.4 Å². The Morgan fingerprint density at radius 1 is 1.27 bits per heavy atom. The number of nitrogens with zero attached hydrogens (tertiary/aromatic N) is 3. The van der Waals surface area contributed by atoms with Gasteiger partial charge in [0.25, 0.3) is 0 Å². The van der Waals surface area contributed by atoms with E-state index in [2.05, 4.69) is 46.8 Å². The Hall–Kier alpha value is -3.21. The summed E-state index contributed by atoms with van der Waals surface area (Å²) < 4.78 is 0. The first-order chi connectivity index (χ1) is 14.3. The van der Waals surface area contributed by atoms with Crippen LogP contribution in [0.15, 0.2) is 67.7 Å². The Morgan fingerprint density at radius 2 is 1.97 bits per heavy atom. The summed E-state index contributed by atoms with van der Waals surface area (Å²) in [6.07, 6.45) is 6.74. The first-order valence-electron chi connectivity index (χ1n) is 10.3. The van der Waals surface area contributed by atoms with Gasteiger partial charge in [-0.1, -0.05) is 32.2 Å². The van der Waals surface area contributed by atoms with Gasteiger partial charge in [-0.2, -0.15) is 0 Å². The van der Waals surface area contributed by atoms with Gasteiger partial charge in [0.2, 0.25) is 0 Å². The van der Waals surface area contributed by atoms with Crippen molar-refractivity contribution in [3.63, 3.8) is 0 Å². The highest BCUT2D eigenvalue weighted by Gasteiger charge is 2.28.